The van der Waals surface area contributed by atoms with Gasteiger partial charge in [-0.25, -0.2) is 0 Å². The second-order valence-electron chi connectivity index (χ2n) is 1.85. The second kappa shape index (κ2) is 8.82. The molecule has 2 nitrogen and oxygen atoms in total. The smallest absolute Gasteiger partial charge is 0.303 e. The number of carbonyl (C=O) groups is 1. The number of hydrogen-bond donors (Lipinski definition) is 1. The van der Waals surface area contributed by atoms with E-state index in [4.69, 9.17) is 5.11 Å². The molecule has 0 atom stereocenters. The average Bonchev–Trinajstić information content (AvgIpc) is 1.66. The molecule has 0 radical (unpaired) electrons. The number of aliphatic carboxylic acids is 1. The molecule has 0 aromatic heterocycles. The minimum Gasteiger partial charge on any atom is -0.481 e. The van der Waals surface area contributed by atoms with Crippen LogP contribution in [0.5, 0.6) is 0 Å². The van der Waals surface area contributed by atoms with Crippen LogP contribution in [0.4, 0.5) is 0 Å². The molecule has 0 rings (SSSR count). The molecule has 0 saturated heterocycles. The van der Waals surface area contributed by atoms with E-state index in [0.717, 1.165) is 19.3 Å². The number of rotatable bonds is 4. The van der Waals surface area contributed by atoms with Crippen molar-refractivity contribution in [3.05, 3.63) is 0 Å². The van der Waals surface area contributed by atoms with E-state index in [1.54, 1.807) is 0 Å². The first kappa shape index (κ1) is 12.5. The van der Waals surface area contributed by atoms with Gasteiger partial charge in [0, 0.05) is 47.3 Å². The fourth-order valence-electron chi connectivity index (χ4n) is 0.526. The van der Waals surface area contributed by atoms with E-state index in [1.165, 1.54) is 0 Å². The van der Waals surface area contributed by atoms with Gasteiger partial charge < -0.3 is 5.11 Å². The van der Waals surface area contributed by atoms with Crippen LogP contribution in [0.25, 0.3) is 0 Å². The van der Waals surface area contributed by atoms with Gasteiger partial charge >= 0.3 is 5.97 Å². The van der Waals surface area contributed by atoms with Crippen LogP contribution in [0.3, 0.4) is 0 Å². The molecule has 0 fully saturated rings. The molecular formula is C6H12NdO2. The molecule has 0 amide bonds. The van der Waals surface area contributed by atoms with Crippen LogP contribution in [0.2, 0.25) is 0 Å². The third-order valence-corrected chi connectivity index (χ3v) is 0.994. The van der Waals surface area contributed by atoms with Crippen molar-refractivity contribution in [1.29, 1.82) is 0 Å². The van der Waals surface area contributed by atoms with E-state index < -0.39 is 5.97 Å². The Morgan fingerprint density at radius 2 is 2.00 bits per heavy atom. The predicted molar refractivity (Wildman–Crippen MR) is 31.8 cm³/mol. The van der Waals surface area contributed by atoms with E-state index in [2.05, 4.69) is 6.92 Å². The number of hydrogen-bond acceptors (Lipinski definition) is 1. The Morgan fingerprint density at radius 1 is 1.44 bits per heavy atom. The fourth-order valence-corrected chi connectivity index (χ4v) is 0.526. The van der Waals surface area contributed by atoms with E-state index in [1.807, 2.05) is 0 Å². The normalized spacial score (nSPS) is 8.11. The molecule has 0 aliphatic rings. The summed E-state index contributed by atoms with van der Waals surface area (Å²) < 4.78 is 0. The standard InChI is InChI=1S/C6H12O2.Nd/c1-2-3-4-5-6(7)8;/h2-5H2,1H3,(H,7,8);. The number of unbranched alkanes of at least 4 members (excludes halogenated alkanes) is 2. The van der Waals surface area contributed by atoms with Crippen molar-refractivity contribution in [2.24, 2.45) is 0 Å². The van der Waals surface area contributed by atoms with Gasteiger partial charge in [-0.2, -0.15) is 0 Å². The van der Waals surface area contributed by atoms with Crippen molar-refractivity contribution >= 4 is 5.97 Å². The van der Waals surface area contributed by atoms with Gasteiger partial charge in [-0.1, -0.05) is 19.8 Å². The summed E-state index contributed by atoms with van der Waals surface area (Å²) in [5.41, 5.74) is 0. The zero-order valence-electron chi connectivity index (χ0n) is 5.68. The Bertz CT molecular complexity index is 73.5. The van der Waals surface area contributed by atoms with Crippen molar-refractivity contribution in [3.8, 4) is 0 Å². The molecule has 1 N–H and O–H groups in total. The van der Waals surface area contributed by atoms with Crippen molar-refractivity contribution in [3.63, 3.8) is 0 Å². The van der Waals surface area contributed by atoms with Crippen LogP contribution in [0, 0.1) is 40.8 Å². The summed E-state index contributed by atoms with van der Waals surface area (Å²) in [5, 5.41) is 8.14. The Kier molecular flexibility index (Phi) is 12.2. The Labute approximate surface area is 88.5 Å². The molecule has 0 bridgehead atoms. The maximum atomic E-state index is 9.87. The fraction of sp³-hybridized carbons (Fsp3) is 0.833. The first-order valence-electron chi connectivity index (χ1n) is 2.99. The van der Waals surface area contributed by atoms with Crippen LogP contribution in [-0.2, 0) is 4.79 Å². The van der Waals surface area contributed by atoms with Crippen molar-refractivity contribution in [2.45, 2.75) is 32.6 Å². The first-order valence-corrected chi connectivity index (χ1v) is 2.99. The largest absolute Gasteiger partial charge is 0.481 e. The molecule has 0 aliphatic heterocycles. The van der Waals surface area contributed by atoms with Gasteiger partial charge in [0.05, 0.1) is 0 Å². The average molecular weight is 260 g/mol. The topological polar surface area (TPSA) is 37.3 Å². The van der Waals surface area contributed by atoms with Gasteiger partial charge in [0.1, 0.15) is 0 Å². The Morgan fingerprint density at radius 3 is 2.33 bits per heavy atom. The van der Waals surface area contributed by atoms with E-state index in [0.29, 0.717) is 6.42 Å². The monoisotopic (exact) mass is 258 g/mol. The summed E-state index contributed by atoms with van der Waals surface area (Å²) in [6.07, 6.45) is 3.28. The van der Waals surface area contributed by atoms with Crippen LogP contribution in [0.15, 0.2) is 0 Å². The van der Waals surface area contributed by atoms with Crippen molar-refractivity contribution in [1.82, 2.24) is 0 Å². The molecule has 0 aromatic carbocycles. The molecule has 0 aliphatic carbocycles. The van der Waals surface area contributed by atoms with Crippen LogP contribution < -0.4 is 0 Å². The third-order valence-electron chi connectivity index (χ3n) is 0.994. The molecule has 0 saturated carbocycles. The molecular weight excluding hydrogens is 248 g/mol. The van der Waals surface area contributed by atoms with Crippen LogP contribution in [0.1, 0.15) is 32.6 Å². The molecule has 0 unspecified atom stereocenters. The Hall–Kier alpha value is 0.821. The summed E-state index contributed by atoms with van der Waals surface area (Å²) in [5.74, 6) is -0.682. The molecule has 0 heterocycles. The summed E-state index contributed by atoms with van der Waals surface area (Å²) in [4.78, 5) is 9.87. The van der Waals surface area contributed by atoms with Gasteiger partial charge in [0.15, 0.2) is 0 Å². The Balaban J connectivity index is 0. The third kappa shape index (κ3) is 12.1. The zero-order chi connectivity index (χ0) is 6.41. The number of carboxylic acid groups (broad SMARTS) is 1. The molecule has 0 aromatic rings. The van der Waals surface area contributed by atoms with Gasteiger partial charge in [-0.05, 0) is 6.42 Å². The van der Waals surface area contributed by atoms with Crippen molar-refractivity contribution < 1.29 is 50.7 Å². The maximum Gasteiger partial charge on any atom is 0.303 e. The molecule has 0 spiro atoms. The van der Waals surface area contributed by atoms with Crippen LogP contribution in [-0.4, -0.2) is 11.1 Å². The summed E-state index contributed by atoms with van der Waals surface area (Å²) in [6.45, 7) is 2.06. The predicted octanol–water partition coefficient (Wildman–Crippen LogP) is 1.65. The van der Waals surface area contributed by atoms with Crippen LogP contribution >= 0.6 is 0 Å². The SMILES string of the molecule is CCCCCC(=O)O.[Nd]. The minimum atomic E-state index is -0.682. The van der Waals surface area contributed by atoms with Gasteiger partial charge in [0.2, 0.25) is 0 Å². The van der Waals surface area contributed by atoms with Gasteiger partial charge in [-0.15, -0.1) is 0 Å². The maximum absolute atomic E-state index is 9.87. The summed E-state index contributed by atoms with van der Waals surface area (Å²) >= 11 is 0. The molecule has 9 heavy (non-hydrogen) atoms. The van der Waals surface area contributed by atoms with Crippen molar-refractivity contribution in [2.75, 3.05) is 0 Å². The van der Waals surface area contributed by atoms with Gasteiger partial charge in [-0.3, -0.25) is 4.79 Å². The quantitative estimate of drug-likeness (QED) is 0.781. The zero-order valence-corrected chi connectivity index (χ0v) is 8.89. The van der Waals surface area contributed by atoms with Gasteiger partial charge in [0.25, 0.3) is 0 Å². The van der Waals surface area contributed by atoms with E-state index in [9.17, 15) is 4.79 Å². The molecule has 52 valence electrons. The molecule has 3 heteroatoms. The second-order valence-corrected chi connectivity index (χ2v) is 1.85. The first-order chi connectivity index (χ1) is 3.77. The summed E-state index contributed by atoms with van der Waals surface area (Å²) in [6, 6.07) is 0. The summed E-state index contributed by atoms with van der Waals surface area (Å²) in [7, 11) is 0. The minimum absolute atomic E-state index is 0. The van der Waals surface area contributed by atoms with E-state index >= 15 is 0 Å². The number of carboxylic acids is 1. The van der Waals surface area contributed by atoms with E-state index in [-0.39, 0.29) is 40.8 Å².